The molecular weight excluding hydrogens is 208 g/mol. The van der Waals surface area contributed by atoms with Crippen molar-refractivity contribution < 1.29 is 0 Å². The number of halogens is 1. The summed E-state index contributed by atoms with van der Waals surface area (Å²) in [5.74, 6) is 0.765. The van der Waals surface area contributed by atoms with Crippen LogP contribution < -0.4 is 5.32 Å². The van der Waals surface area contributed by atoms with Gasteiger partial charge in [0.2, 0.25) is 0 Å². The fourth-order valence-electron chi connectivity index (χ4n) is 2.16. The maximum Gasteiger partial charge on any atom is 0.131 e. The summed E-state index contributed by atoms with van der Waals surface area (Å²) >= 11 is 5.90. The summed E-state index contributed by atoms with van der Waals surface area (Å²) in [5.41, 5.74) is 2.39. The average Bonchev–Trinajstić information content (AvgIpc) is 2.25. The Kier molecular flexibility index (Phi) is 3.60. The second-order valence-corrected chi connectivity index (χ2v) is 4.73. The smallest absolute Gasteiger partial charge is 0.131 e. The summed E-state index contributed by atoms with van der Waals surface area (Å²) in [5, 5.41) is 4.06. The summed E-state index contributed by atoms with van der Waals surface area (Å²) in [7, 11) is 0. The molecule has 2 heterocycles. The van der Waals surface area contributed by atoms with Crippen LogP contribution in [0.1, 0.15) is 24.0 Å². The first-order valence-corrected chi connectivity index (χ1v) is 5.95. The molecule has 82 valence electrons. The van der Waals surface area contributed by atoms with Crippen molar-refractivity contribution in [2.75, 3.05) is 13.1 Å². The van der Waals surface area contributed by atoms with Crippen molar-refractivity contribution in [3.63, 3.8) is 0 Å². The molecule has 1 N–H and O–H groups in total. The maximum atomic E-state index is 5.90. The van der Waals surface area contributed by atoms with Crippen LogP contribution in [0.5, 0.6) is 0 Å². The van der Waals surface area contributed by atoms with E-state index in [1.807, 2.05) is 13.1 Å². The minimum atomic E-state index is 0.625. The van der Waals surface area contributed by atoms with Crippen LogP contribution >= 0.6 is 11.6 Å². The molecule has 1 unspecified atom stereocenters. The number of pyridine rings is 1. The fraction of sp³-hybridized carbons (Fsp3) is 0.583. The molecule has 0 spiro atoms. The van der Waals surface area contributed by atoms with Gasteiger partial charge < -0.3 is 5.32 Å². The number of hydrogen-bond acceptors (Lipinski definition) is 2. The molecule has 15 heavy (non-hydrogen) atoms. The quantitative estimate of drug-likeness (QED) is 0.782. The molecule has 2 rings (SSSR count). The van der Waals surface area contributed by atoms with E-state index in [2.05, 4.69) is 16.4 Å². The third kappa shape index (κ3) is 2.93. The molecule has 0 aliphatic carbocycles. The molecule has 1 aliphatic heterocycles. The number of aromatic nitrogens is 1. The number of piperidine rings is 1. The Bertz CT molecular complexity index is 332. The van der Waals surface area contributed by atoms with E-state index in [9.17, 15) is 0 Å². The van der Waals surface area contributed by atoms with E-state index in [1.165, 1.54) is 24.9 Å². The van der Waals surface area contributed by atoms with Gasteiger partial charge in [-0.2, -0.15) is 0 Å². The highest BCUT2D eigenvalue weighted by atomic mass is 35.5. The minimum Gasteiger partial charge on any atom is -0.316 e. The Morgan fingerprint density at radius 3 is 3.13 bits per heavy atom. The maximum absolute atomic E-state index is 5.90. The third-order valence-corrected chi connectivity index (χ3v) is 3.39. The predicted octanol–water partition coefficient (Wildman–Crippen LogP) is 2.59. The molecule has 1 saturated heterocycles. The van der Waals surface area contributed by atoms with Gasteiger partial charge >= 0.3 is 0 Å². The van der Waals surface area contributed by atoms with Crippen LogP contribution in [0.3, 0.4) is 0 Å². The van der Waals surface area contributed by atoms with Crippen molar-refractivity contribution in [3.8, 4) is 0 Å². The van der Waals surface area contributed by atoms with Crippen LogP contribution in [0, 0.1) is 12.8 Å². The Hall–Kier alpha value is -0.600. The Morgan fingerprint density at radius 2 is 2.47 bits per heavy atom. The van der Waals surface area contributed by atoms with Gasteiger partial charge in [-0.25, -0.2) is 4.98 Å². The van der Waals surface area contributed by atoms with E-state index in [4.69, 9.17) is 11.6 Å². The van der Waals surface area contributed by atoms with Gasteiger partial charge in [-0.15, -0.1) is 0 Å². The standard InChI is InChI=1S/C12H17ClN2/c1-9-5-11(8-15-12(9)13)6-10-3-2-4-14-7-10/h5,8,10,14H,2-4,6-7H2,1H3. The molecule has 1 aliphatic rings. The highest BCUT2D eigenvalue weighted by molar-refractivity contribution is 6.30. The molecule has 3 heteroatoms. The van der Waals surface area contributed by atoms with Crippen LogP contribution in [0.25, 0.3) is 0 Å². The van der Waals surface area contributed by atoms with Gasteiger partial charge in [-0.05, 0) is 56.3 Å². The summed E-state index contributed by atoms with van der Waals surface area (Å²) in [6.45, 7) is 4.33. The van der Waals surface area contributed by atoms with E-state index < -0.39 is 0 Å². The average molecular weight is 225 g/mol. The monoisotopic (exact) mass is 224 g/mol. The fourth-order valence-corrected chi connectivity index (χ4v) is 2.26. The zero-order chi connectivity index (χ0) is 10.7. The van der Waals surface area contributed by atoms with Gasteiger partial charge in [0.25, 0.3) is 0 Å². The molecule has 1 atom stereocenters. The summed E-state index contributed by atoms with van der Waals surface area (Å²) in [6, 6.07) is 2.16. The first kappa shape index (κ1) is 10.9. The number of nitrogens with zero attached hydrogens (tertiary/aromatic N) is 1. The number of hydrogen-bond donors (Lipinski definition) is 1. The molecule has 0 amide bonds. The predicted molar refractivity (Wildman–Crippen MR) is 63.3 cm³/mol. The second-order valence-electron chi connectivity index (χ2n) is 4.37. The Labute approximate surface area is 96.1 Å². The Balaban J connectivity index is 2.00. The van der Waals surface area contributed by atoms with E-state index in [1.54, 1.807) is 0 Å². The van der Waals surface area contributed by atoms with Gasteiger partial charge in [0.05, 0.1) is 0 Å². The molecule has 1 fully saturated rings. The normalized spacial score (nSPS) is 21.6. The SMILES string of the molecule is Cc1cc(CC2CCCNC2)cnc1Cl. The highest BCUT2D eigenvalue weighted by Gasteiger charge is 2.13. The van der Waals surface area contributed by atoms with E-state index in [0.29, 0.717) is 5.15 Å². The molecule has 1 aromatic heterocycles. The molecule has 0 aromatic carbocycles. The van der Waals surface area contributed by atoms with Crippen molar-refractivity contribution in [1.29, 1.82) is 0 Å². The van der Waals surface area contributed by atoms with Gasteiger partial charge in [0.15, 0.2) is 0 Å². The molecule has 1 aromatic rings. The van der Waals surface area contributed by atoms with Crippen molar-refractivity contribution in [3.05, 3.63) is 28.5 Å². The number of nitrogens with one attached hydrogen (secondary N) is 1. The zero-order valence-electron chi connectivity index (χ0n) is 9.09. The lowest BCUT2D eigenvalue weighted by atomic mass is 9.93. The lowest BCUT2D eigenvalue weighted by molar-refractivity contribution is 0.376. The molecule has 0 saturated carbocycles. The largest absolute Gasteiger partial charge is 0.316 e. The molecule has 2 nitrogen and oxygen atoms in total. The summed E-state index contributed by atoms with van der Waals surface area (Å²) in [4.78, 5) is 4.19. The van der Waals surface area contributed by atoms with Crippen LogP contribution in [0.15, 0.2) is 12.3 Å². The minimum absolute atomic E-state index is 0.625. The summed E-state index contributed by atoms with van der Waals surface area (Å²) < 4.78 is 0. The van der Waals surface area contributed by atoms with Crippen molar-refractivity contribution >= 4 is 11.6 Å². The first-order chi connectivity index (χ1) is 7.25. The van der Waals surface area contributed by atoms with Gasteiger partial charge in [0, 0.05) is 6.20 Å². The van der Waals surface area contributed by atoms with Crippen LogP contribution in [-0.2, 0) is 6.42 Å². The molecule has 0 radical (unpaired) electrons. The van der Waals surface area contributed by atoms with Gasteiger partial charge in [-0.1, -0.05) is 17.7 Å². The molecular formula is C12H17ClN2. The number of aryl methyl sites for hydroxylation is 1. The Morgan fingerprint density at radius 1 is 1.60 bits per heavy atom. The first-order valence-electron chi connectivity index (χ1n) is 5.57. The van der Waals surface area contributed by atoms with Crippen LogP contribution in [0.4, 0.5) is 0 Å². The van der Waals surface area contributed by atoms with Crippen LogP contribution in [0.2, 0.25) is 5.15 Å². The van der Waals surface area contributed by atoms with Crippen LogP contribution in [-0.4, -0.2) is 18.1 Å². The topological polar surface area (TPSA) is 24.9 Å². The van der Waals surface area contributed by atoms with Crippen molar-refractivity contribution in [2.45, 2.75) is 26.2 Å². The third-order valence-electron chi connectivity index (χ3n) is 2.99. The van der Waals surface area contributed by atoms with E-state index in [-0.39, 0.29) is 0 Å². The van der Waals surface area contributed by atoms with E-state index >= 15 is 0 Å². The van der Waals surface area contributed by atoms with Crippen molar-refractivity contribution in [1.82, 2.24) is 10.3 Å². The van der Waals surface area contributed by atoms with Gasteiger partial charge in [-0.3, -0.25) is 0 Å². The lowest BCUT2D eigenvalue weighted by Crippen LogP contribution is -2.30. The lowest BCUT2D eigenvalue weighted by Gasteiger charge is -2.22. The van der Waals surface area contributed by atoms with Crippen molar-refractivity contribution in [2.24, 2.45) is 5.92 Å². The van der Waals surface area contributed by atoms with E-state index in [0.717, 1.165) is 24.4 Å². The van der Waals surface area contributed by atoms with Gasteiger partial charge in [0.1, 0.15) is 5.15 Å². The highest BCUT2D eigenvalue weighted by Crippen LogP contribution is 2.19. The molecule has 0 bridgehead atoms. The second kappa shape index (κ2) is 4.95. The summed E-state index contributed by atoms with van der Waals surface area (Å²) in [6.07, 6.45) is 5.65. The zero-order valence-corrected chi connectivity index (χ0v) is 9.85. The number of rotatable bonds is 2.